The van der Waals surface area contributed by atoms with E-state index in [4.69, 9.17) is 9.47 Å². The molecule has 2 atom stereocenters. The van der Waals surface area contributed by atoms with Gasteiger partial charge in [-0.2, -0.15) is 0 Å². The van der Waals surface area contributed by atoms with E-state index in [1.807, 2.05) is 0 Å². The van der Waals surface area contributed by atoms with Crippen molar-refractivity contribution in [2.45, 2.75) is 57.8 Å². The standard InChI is InChI=1S/C11H21IO2/c1-10(6-2-4-8-12)14-11-7-3-5-9-13-11/h10-11H,2-9H2,1H3/t10-,11?/m0/s1. The molecule has 1 saturated heterocycles. The number of hydrogen-bond donors (Lipinski definition) is 0. The Kier molecular flexibility index (Phi) is 7.16. The van der Waals surface area contributed by atoms with Crippen LogP contribution in [0.25, 0.3) is 0 Å². The second-order valence-corrected chi connectivity index (χ2v) is 5.01. The molecule has 1 aliphatic heterocycles. The molecule has 1 rings (SSSR count). The van der Waals surface area contributed by atoms with Crippen molar-refractivity contribution in [1.82, 2.24) is 0 Å². The summed E-state index contributed by atoms with van der Waals surface area (Å²) >= 11 is 2.42. The van der Waals surface area contributed by atoms with Crippen LogP contribution in [0.2, 0.25) is 0 Å². The molecule has 84 valence electrons. The SMILES string of the molecule is C[C@@H](CCCCI)OC1CCCCO1. The van der Waals surface area contributed by atoms with Crippen molar-refractivity contribution in [2.24, 2.45) is 0 Å². The lowest BCUT2D eigenvalue weighted by Gasteiger charge is -2.26. The molecule has 2 nitrogen and oxygen atoms in total. The summed E-state index contributed by atoms with van der Waals surface area (Å²) in [6, 6.07) is 0. The average molecular weight is 312 g/mol. The van der Waals surface area contributed by atoms with E-state index in [9.17, 15) is 0 Å². The van der Waals surface area contributed by atoms with E-state index >= 15 is 0 Å². The highest BCUT2D eigenvalue weighted by Crippen LogP contribution is 2.17. The zero-order valence-corrected chi connectivity index (χ0v) is 11.2. The second-order valence-electron chi connectivity index (χ2n) is 3.93. The molecule has 0 amide bonds. The van der Waals surface area contributed by atoms with Gasteiger partial charge in [0.15, 0.2) is 6.29 Å². The molecule has 3 heteroatoms. The molecule has 0 saturated carbocycles. The van der Waals surface area contributed by atoms with Gasteiger partial charge in [0, 0.05) is 6.61 Å². The quantitative estimate of drug-likeness (QED) is 0.424. The fourth-order valence-electron chi connectivity index (χ4n) is 1.67. The van der Waals surface area contributed by atoms with Crippen LogP contribution in [0.5, 0.6) is 0 Å². The average Bonchev–Trinajstić information content (AvgIpc) is 2.20. The van der Waals surface area contributed by atoms with Crippen LogP contribution in [0.15, 0.2) is 0 Å². The maximum atomic E-state index is 5.81. The van der Waals surface area contributed by atoms with Gasteiger partial charge in [-0.1, -0.05) is 29.0 Å². The van der Waals surface area contributed by atoms with E-state index in [2.05, 4.69) is 29.5 Å². The van der Waals surface area contributed by atoms with Crippen molar-refractivity contribution in [3.05, 3.63) is 0 Å². The van der Waals surface area contributed by atoms with Gasteiger partial charge in [-0.25, -0.2) is 0 Å². The van der Waals surface area contributed by atoms with Gasteiger partial charge in [-0.3, -0.25) is 0 Å². The summed E-state index contributed by atoms with van der Waals surface area (Å²) in [7, 11) is 0. The molecule has 0 aliphatic carbocycles. The summed E-state index contributed by atoms with van der Waals surface area (Å²) in [4.78, 5) is 0. The molecule has 1 heterocycles. The Balaban J connectivity index is 2.03. The van der Waals surface area contributed by atoms with Crippen LogP contribution in [-0.4, -0.2) is 23.4 Å². The molecular weight excluding hydrogens is 291 g/mol. The number of unbranched alkanes of at least 4 members (excludes halogenated alkanes) is 1. The van der Waals surface area contributed by atoms with E-state index in [0.29, 0.717) is 6.10 Å². The smallest absolute Gasteiger partial charge is 0.157 e. The van der Waals surface area contributed by atoms with Crippen molar-refractivity contribution in [1.29, 1.82) is 0 Å². The molecule has 0 aromatic heterocycles. The summed E-state index contributed by atoms with van der Waals surface area (Å²) in [5, 5.41) is 0. The Morgan fingerprint density at radius 1 is 1.43 bits per heavy atom. The summed E-state index contributed by atoms with van der Waals surface area (Å²) in [6.45, 7) is 3.04. The first-order chi connectivity index (χ1) is 6.83. The molecule has 0 bridgehead atoms. The van der Waals surface area contributed by atoms with Gasteiger partial charge >= 0.3 is 0 Å². The van der Waals surface area contributed by atoms with E-state index in [0.717, 1.165) is 13.0 Å². The molecule has 1 fully saturated rings. The normalized spacial score (nSPS) is 24.9. The van der Waals surface area contributed by atoms with Crippen LogP contribution in [-0.2, 0) is 9.47 Å². The first kappa shape index (κ1) is 12.7. The van der Waals surface area contributed by atoms with Gasteiger partial charge in [-0.05, 0) is 43.5 Å². The monoisotopic (exact) mass is 312 g/mol. The van der Waals surface area contributed by atoms with E-state index < -0.39 is 0 Å². The molecule has 1 unspecified atom stereocenters. The maximum Gasteiger partial charge on any atom is 0.157 e. The van der Waals surface area contributed by atoms with Gasteiger partial charge in [0.25, 0.3) is 0 Å². The lowest BCUT2D eigenvalue weighted by molar-refractivity contribution is -0.185. The van der Waals surface area contributed by atoms with Crippen LogP contribution in [0.1, 0.15) is 45.4 Å². The lowest BCUT2D eigenvalue weighted by atomic mass is 10.1. The second kappa shape index (κ2) is 7.88. The van der Waals surface area contributed by atoms with Gasteiger partial charge in [0.2, 0.25) is 0 Å². The zero-order valence-electron chi connectivity index (χ0n) is 9.01. The third-order valence-corrected chi connectivity index (χ3v) is 3.28. The van der Waals surface area contributed by atoms with Gasteiger partial charge in [0.05, 0.1) is 6.10 Å². The van der Waals surface area contributed by atoms with Gasteiger partial charge in [0.1, 0.15) is 0 Å². The molecule has 1 aliphatic rings. The van der Waals surface area contributed by atoms with Crippen LogP contribution < -0.4 is 0 Å². The summed E-state index contributed by atoms with van der Waals surface area (Å²) in [5.41, 5.74) is 0. The van der Waals surface area contributed by atoms with E-state index in [1.165, 1.54) is 36.5 Å². The molecule has 0 spiro atoms. The molecule has 0 N–H and O–H groups in total. The minimum atomic E-state index is 0.0818. The largest absolute Gasteiger partial charge is 0.353 e. The van der Waals surface area contributed by atoms with Crippen molar-refractivity contribution in [2.75, 3.05) is 11.0 Å². The minimum absolute atomic E-state index is 0.0818. The molecule has 0 aromatic rings. The van der Waals surface area contributed by atoms with Crippen molar-refractivity contribution in [3.8, 4) is 0 Å². The van der Waals surface area contributed by atoms with Gasteiger partial charge < -0.3 is 9.47 Å². The third kappa shape index (κ3) is 5.51. The van der Waals surface area contributed by atoms with Gasteiger partial charge in [-0.15, -0.1) is 0 Å². The highest BCUT2D eigenvalue weighted by molar-refractivity contribution is 14.1. The fourth-order valence-corrected chi connectivity index (χ4v) is 2.21. The fraction of sp³-hybridized carbons (Fsp3) is 1.00. The molecule has 14 heavy (non-hydrogen) atoms. The van der Waals surface area contributed by atoms with E-state index in [-0.39, 0.29) is 6.29 Å². The maximum absolute atomic E-state index is 5.81. The summed E-state index contributed by atoms with van der Waals surface area (Å²) in [5.74, 6) is 0. The number of ether oxygens (including phenoxy) is 2. The predicted octanol–water partition coefficient (Wildman–Crippen LogP) is 3.52. The van der Waals surface area contributed by atoms with Crippen LogP contribution in [0.4, 0.5) is 0 Å². The zero-order chi connectivity index (χ0) is 10.2. The van der Waals surface area contributed by atoms with Crippen molar-refractivity contribution in [3.63, 3.8) is 0 Å². The highest BCUT2D eigenvalue weighted by atomic mass is 127. The summed E-state index contributed by atoms with van der Waals surface area (Å²) in [6.07, 6.45) is 7.73. The Hall–Kier alpha value is 0.650. The Morgan fingerprint density at radius 2 is 2.29 bits per heavy atom. The van der Waals surface area contributed by atoms with Crippen LogP contribution in [0.3, 0.4) is 0 Å². The third-order valence-electron chi connectivity index (χ3n) is 2.52. The number of alkyl halides is 1. The molecular formula is C11H21IO2. The van der Waals surface area contributed by atoms with Crippen LogP contribution >= 0.6 is 22.6 Å². The number of rotatable bonds is 6. The van der Waals surface area contributed by atoms with Crippen molar-refractivity contribution >= 4 is 22.6 Å². The van der Waals surface area contributed by atoms with Crippen LogP contribution in [0, 0.1) is 0 Å². The molecule has 0 radical (unpaired) electrons. The van der Waals surface area contributed by atoms with Crippen molar-refractivity contribution < 1.29 is 9.47 Å². The first-order valence-corrected chi connectivity index (χ1v) is 7.18. The minimum Gasteiger partial charge on any atom is -0.353 e. The topological polar surface area (TPSA) is 18.5 Å². The number of hydrogen-bond acceptors (Lipinski definition) is 2. The predicted molar refractivity (Wildman–Crippen MR) is 66.9 cm³/mol. The summed E-state index contributed by atoms with van der Waals surface area (Å²) < 4.78 is 12.6. The highest BCUT2D eigenvalue weighted by Gasteiger charge is 2.16. The first-order valence-electron chi connectivity index (χ1n) is 5.66. The Labute approximate surface area is 101 Å². The Morgan fingerprint density at radius 3 is 2.93 bits per heavy atom. The van der Waals surface area contributed by atoms with E-state index in [1.54, 1.807) is 0 Å². The lowest BCUT2D eigenvalue weighted by Crippen LogP contribution is -2.26. The molecule has 0 aromatic carbocycles. The number of halogens is 1. The Bertz CT molecular complexity index is 135.